The fourth-order valence-electron chi connectivity index (χ4n) is 3.37. The quantitative estimate of drug-likeness (QED) is 0.692. The van der Waals surface area contributed by atoms with Crippen LogP contribution in [0.15, 0.2) is 58.2 Å². The normalized spacial score (nSPS) is 15.6. The summed E-state index contributed by atoms with van der Waals surface area (Å²) < 4.78 is 34.6. The molecule has 0 saturated heterocycles. The van der Waals surface area contributed by atoms with Gasteiger partial charge in [-0.15, -0.1) is 0 Å². The van der Waals surface area contributed by atoms with Gasteiger partial charge in [-0.3, -0.25) is 4.79 Å². The maximum atomic E-state index is 12.2. The van der Waals surface area contributed by atoms with Gasteiger partial charge in [-0.05, 0) is 30.2 Å². The number of hydrogen-bond acceptors (Lipinski definition) is 6. The molecule has 8 heteroatoms. The smallest absolute Gasteiger partial charge is 0.289 e. The first-order valence-corrected chi connectivity index (χ1v) is 11.0. The lowest BCUT2D eigenvalue weighted by Crippen LogP contribution is -2.34. The Morgan fingerprint density at radius 3 is 2.62 bits per heavy atom. The van der Waals surface area contributed by atoms with Crippen molar-refractivity contribution in [3.8, 4) is 16.9 Å². The monoisotopic (exact) mass is 412 g/mol. The Kier molecular flexibility index (Phi) is 4.87. The number of hydrogen-bond donors (Lipinski definition) is 1. The molecule has 1 amide bonds. The molecule has 0 saturated carbocycles. The third kappa shape index (κ3) is 3.88. The summed E-state index contributed by atoms with van der Waals surface area (Å²) in [5, 5.41) is 2.82. The maximum absolute atomic E-state index is 12.2. The molecule has 2 aromatic carbocycles. The van der Waals surface area contributed by atoms with Gasteiger partial charge in [-0.25, -0.2) is 13.4 Å². The highest BCUT2D eigenvalue weighted by Gasteiger charge is 2.27. The number of oxazole rings is 1. The lowest BCUT2D eigenvalue weighted by atomic mass is 10.0. The number of aryl methyl sites for hydroxylation is 1. The van der Waals surface area contributed by atoms with Crippen LogP contribution < -0.4 is 10.1 Å². The molecule has 0 radical (unpaired) electrons. The van der Waals surface area contributed by atoms with Crippen LogP contribution >= 0.6 is 0 Å². The largest absolute Gasteiger partial charge is 0.487 e. The van der Waals surface area contributed by atoms with Crippen LogP contribution in [0.25, 0.3) is 11.1 Å². The number of nitrogens with zero attached hydrogens (tertiary/aromatic N) is 1. The van der Waals surface area contributed by atoms with E-state index < -0.39 is 9.84 Å². The molecule has 2 heterocycles. The number of rotatable bonds is 5. The van der Waals surface area contributed by atoms with E-state index in [4.69, 9.17) is 9.15 Å². The molecule has 1 atom stereocenters. The summed E-state index contributed by atoms with van der Waals surface area (Å²) in [6, 6.07) is 12.6. The molecule has 29 heavy (non-hydrogen) atoms. The molecule has 0 fully saturated rings. The van der Waals surface area contributed by atoms with E-state index in [0.29, 0.717) is 18.7 Å². The van der Waals surface area contributed by atoms with Crippen molar-refractivity contribution in [1.29, 1.82) is 0 Å². The fraction of sp³-hybridized carbons (Fsp3) is 0.238. The molecule has 150 valence electrons. The van der Waals surface area contributed by atoms with Crippen LogP contribution in [0, 0.1) is 6.92 Å². The van der Waals surface area contributed by atoms with Crippen molar-refractivity contribution in [1.82, 2.24) is 10.3 Å². The molecule has 0 bridgehead atoms. The van der Waals surface area contributed by atoms with Gasteiger partial charge in [0.2, 0.25) is 5.76 Å². The predicted molar refractivity (Wildman–Crippen MR) is 107 cm³/mol. The zero-order valence-electron chi connectivity index (χ0n) is 16.0. The number of para-hydroxylation sites is 1. The molecule has 1 aliphatic rings. The standard InChI is InChI=1S/C21H20N2O5S/c1-13-19(27-12-23-13)21(24)22-11-16-10-15-4-3-5-18(20(15)28-16)14-6-8-17(9-7-14)29(2,25)26/h3-9,12,16H,10-11H2,1-2H3,(H,22,24). The number of fused-ring (bicyclic) bond motifs is 1. The zero-order chi connectivity index (χ0) is 20.6. The van der Waals surface area contributed by atoms with Crippen molar-refractivity contribution >= 4 is 15.7 Å². The Hall–Kier alpha value is -3.13. The third-order valence-electron chi connectivity index (χ3n) is 4.86. The van der Waals surface area contributed by atoms with Crippen molar-refractivity contribution in [2.24, 2.45) is 0 Å². The summed E-state index contributed by atoms with van der Waals surface area (Å²) in [6.45, 7) is 2.04. The molecular weight excluding hydrogens is 392 g/mol. The molecule has 4 rings (SSSR count). The van der Waals surface area contributed by atoms with Gasteiger partial charge in [0.05, 0.1) is 17.1 Å². The Morgan fingerprint density at radius 2 is 1.97 bits per heavy atom. The fourth-order valence-corrected chi connectivity index (χ4v) is 4.00. The second-order valence-corrected chi connectivity index (χ2v) is 9.03. The Labute approximate surface area is 168 Å². The molecule has 1 aliphatic heterocycles. The second kappa shape index (κ2) is 7.36. The van der Waals surface area contributed by atoms with E-state index in [1.54, 1.807) is 31.2 Å². The van der Waals surface area contributed by atoms with Crippen LogP contribution in [0.4, 0.5) is 0 Å². The molecule has 1 N–H and O–H groups in total. The van der Waals surface area contributed by atoms with Crippen LogP contribution in [0.2, 0.25) is 0 Å². The number of sulfone groups is 1. The highest BCUT2D eigenvalue weighted by atomic mass is 32.2. The number of aromatic nitrogens is 1. The number of benzene rings is 2. The van der Waals surface area contributed by atoms with Crippen molar-refractivity contribution < 1.29 is 22.4 Å². The van der Waals surface area contributed by atoms with Gasteiger partial charge in [-0.1, -0.05) is 30.3 Å². The van der Waals surface area contributed by atoms with Crippen molar-refractivity contribution in [3.63, 3.8) is 0 Å². The highest BCUT2D eigenvalue weighted by molar-refractivity contribution is 7.90. The molecule has 0 spiro atoms. The third-order valence-corrected chi connectivity index (χ3v) is 5.99. The average Bonchev–Trinajstić information content (AvgIpc) is 3.31. The van der Waals surface area contributed by atoms with Crippen molar-refractivity contribution in [2.45, 2.75) is 24.3 Å². The number of amides is 1. The molecule has 1 aromatic heterocycles. The van der Waals surface area contributed by atoms with Gasteiger partial charge in [-0.2, -0.15) is 0 Å². The topological polar surface area (TPSA) is 98.5 Å². The number of carbonyl (C=O) groups excluding carboxylic acids is 1. The van der Waals surface area contributed by atoms with Crippen LogP contribution in [-0.4, -0.2) is 38.2 Å². The average molecular weight is 412 g/mol. The van der Waals surface area contributed by atoms with E-state index in [1.165, 1.54) is 12.6 Å². The van der Waals surface area contributed by atoms with Gasteiger partial charge in [0.25, 0.3) is 5.91 Å². The Bertz CT molecular complexity index is 1170. The first-order chi connectivity index (χ1) is 13.8. The highest BCUT2D eigenvalue weighted by Crippen LogP contribution is 2.38. The maximum Gasteiger partial charge on any atom is 0.289 e. The van der Waals surface area contributed by atoms with Crippen LogP contribution in [-0.2, 0) is 16.3 Å². The van der Waals surface area contributed by atoms with Gasteiger partial charge in [0.1, 0.15) is 11.9 Å². The summed E-state index contributed by atoms with van der Waals surface area (Å²) in [7, 11) is -3.24. The first-order valence-electron chi connectivity index (χ1n) is 9.10. The van der Waals surface area contributed by atoms with E-state index in [2.05, 4.69) is 10.3 Å². The number of ether oxygens (including phenoxy) is 1. The van der Waals surface area contributed by atoms with E-state index in [-0.39, 0.29) is 22.7 Å². The van der Waals surface area contributed by atoms with E-state index in [9.17, 15) is 13.2 Å². The second-order valence-electron chi connectivity index (χ2n) is 7.01. The lowest BCUT2D eigenvalue weighted by Gasteiger charge is -2.13. The molecular formula is C21H20N2O5S. The van der Waals surface area contributed by atoms with Crippen LogP contribution in [0.3, 0.4) is 0 Å². The molecule has 7 nitrogen and oxygen atoms in total. The summed E-state index contributed by atoms with van der Waals surface area (Å²) in [6.07, 6.45) is 2.90. The summed E-state index contributed by atoms with van der Waals surface area (Å²) in [5.41, 5.74) is 3.35. The van der Waals surface area contributed by atoms with E-state index in [0.717, 1.165) is 22.4 Å². The minimum atomic E-state index is -3.24. The first kappa shape index (κ1) is 19.2. The minimum absolute atomic E-state index is 0.200. The zero-order valence-corrected chi connectivity index (χ0v) is 16.8. The predicted octanol–water partition coefficient (Wildman–Crippen LogP) is 2.79. The SMILES string of the molecule is Cc1ncoc1C(=O)NCC1Cc2cccc(-c3ccc(S(C)(=O)=O)cc3)c2O1. The number of carbonyl (C=O) groups is 1. The van der Waals surface area contributed by atoms with E-state index in [1.807, 2.05) is 18.2 Å². The Morgan fingerprint density at radius 1 is 1.21 bits per heavy atom. The molecule has 0 aliphatic carbocycles. The summed E-state index contributed by atoms with van der Waals surface area (Å²) in [4.78, 5) is 16.4. The van der Waals surface area contributed by atoms with Crippen molar-refractivity contribution in [3.05, 3.63) is 65.9 Å². The summed E-state index contributed by atoms with van der Waals surface area (Å²) in [5.74, 6) is 0.637. The van der Waals surface area contributed by atoms with E-state index >= 15 is 0 Å². The summed E-state index contributed by atoms with van der Waals surface area (Å²) >= 11 is 0. The number of nitrogens with one attached hydrogen (secondary N) is 1. The van der Waals surface area contributed by atoms with Gasteiger partial charge >= 0.3 is 0 Å². The van der Waals surface area contributed by atoms with Crippen LogP contribution in [0.5, 0.6) is 5.75 Å². The van der Waals surface area contributed by atoms with Gasteiger partial charge in [0, 0.05) is 18.2 Å². The minimum Gasteiger partial charge on any atom is -0.487 e. The van der Waals surface area contributed by atoms with Gasteiger partial charge < -0.3 is 14.5 Å². The van der Waals surface area contributed by atoms with Crippen LogP contribution in [0.1, 0.15) is 21.8 Å². The van der Waals surface area contributed by atoms with Gasteiger partial charge in [0.15, 0.2) is 16.2 Å². The van der Waals surface area contributed by atoms with Crippen molar-refractivity contribution in [2.75, 3.05) is 12.8 Å². The Balaban J connectivity index is 1.49. The molecule has 3 aromatic rings. The lowest BCUT2D eigenvalue weighted by molar-refractivity contribution is 0.0905. The molecule has 1 unspecified atom stereocenters.